The minimum absolute atomic E-state index is 0.0642. The Kier molecular flexibility index (Phi) is 5.55. The van der Waals surface area contributed by atoms with E-state index in [9.17, 15) is 8.78 Å². The molecule has 1 rings (SSSR count). The van der Waals surface area contributed by atoms with Crippen molar-refractivity contribution in [2.45, 2.75) is 52.6 Å². The Morgan fingerprint density at radius 3 is 2.41 bits per heavy atom. The van der Waals surface area contributed by atoms with E-state index in [1.807, 2.05) is 20.8 Å². The van der Waals surface area contributed by atoms with Crippen LogP contribution in [0.1, 0.15) is 57.3 Å². The minimum atomic E-state index is -2.47. The van der Waals surface area contributed by atoms with Gasteiger partial charge in [0.1, 0.15) is 5.69 Å². The lowest BCUT2D eigenvalue weighted by molar-refractivity contribution is 0.133. The van der Waals surface area contributed by atoms with Gasteiger partial charge in [-0.05, 0) is 19.4 Å². The summed E-state index contributed by atoms with van der Waals surface area (Å²) < 4.78 is 27.7. The van der Waals surface area contributed by atoms with Crippen LogP contribution < -0.4 is 5.32 Å². The monoisotopic (exact) mass is 245 g/mol. The molecular formula is C12H21F2N3. The first-order valence-electron chi connectivity index (χ1n) is 6.20. The molecule has 1 aromatic heterocycles. The zero-order valence-corrected chi connectivity index (χ0v) is 10.7. The van der Waals surface area contributed by atoms with Crippen LogP contribution in [0, 0.1) is 0 Å². The number of rotatable bonds is 7. The van der Waals surface area contributed by atoms with Crippen LogP contribution >= 0.6 is 0 Å². The molecular weight excluding hydrogens is 224 g/mol. The summed E-state index contributed by atoms with van der Waals surface area (Å²) >= 11 is 0. The van der Waals surface area contributed by atoms with Crippen molar-refractivity contribution >= 4 is 0 Å². The zero-order valence-electron chi connectivity index (χ0n) is 10.7. The summed E-state index contributed by atoms with van der Waals surface area (Å²) in [6.45, 7) is 7.16. The minimum Gasteiger partial charge on any atom is -0.313 e. The van der Waals surface area contributed by atoms with E-state index in [1.54, 1.807) is 6.20 Å². The van der Waals surface area contributed by atoms with Gasteiger partial charge in [-0.25, -0.2) is 8.78 Å². The maximum absolute atomic E-state index is 13.1. The molecule has 0 amide bonds. The van der Waals surface area contributed by atoms with Crippen LogP contribution in [-0.4, -0.2) is 16.3 Å². The largest absolute Gasteiger partial charge is 0.313 e. The Labute approximate surface area is 101 Å². The summed E-state index contributed by atoms with van der Waals surface area (Å²) in [7, 11) is 0. The summed E-state index contributed by atoms with van der Waals surface area (Å²) in [5.41, 5.74) is 0.674. The molecule has 1 aromatic rings. The van der Waals surface area contributed by atoms with Gasteiger partial charge in [-0.15, -0.1) is 0 Å². The SMILES string of the molecule is CCNCc1cnn(C(CC)CC)c1C(F)F. The maximum atomic E-state index is 13.1. The van der Waals surface area contributed by atoms with Crippen LogP contribution in [0.5, 0.6) is 0 Å². The average molecular weight is 245 g/mol. The van der Waals surface area contributed by atoms with E-state index in [0.29, 0.717) is 12.1 Å². The smallest absolute Gasteiger partial charge is 0.280 e. The molecule has 0 unspecified atom stereocenters. The Bertz CT molecular complexity index is 332. The first-order chi connectivity index (χ1) is 8.15. The number of nitrogens with one attached hydrogen (secondary N) is 1. The normalized spacial score (nSPS) is 11.7. The second kappa shape index (κ2) is 6.69. The summed E-state index contributed by atoms with van der Waals surface area (Å²) in [6.07, 6.45) is 0.728. The maximum Gasteiger partial charge on any atom is 0.280 e. The third kappa shape index (κ3) is 3.25. The van der Waals surface area contributed by atoms with Crippen molar-refractivity contribution in [1.82, 2.24) is 15.1 Å². The van der Waals surface area contributed by atoms with Crippen molar-refractivity contribution < 1.29 is 8.78 Å². The Morgan fingerprint density at radius 2 is 1.94 bits per heavy atom. The van der Waals surface area contributed by atoms with Gasteiger partial charge in [-0.1, -0.05) is 20.8 Å². The highest BCUT2D eigenvalue weighted by molar-refractivity contribution is 5.19. The lowest BCUT2D eigenvalue weighted by Gasteiger charge is -2.17. The van der Waals surface area contributed by atoms with Gasteiger partial charge in [-0.3, -0.25) is 4.68 Å². The summed E-state index contributed by atoms with van der Waals surface area (Å²) in [5.74, 6) is 0. The molecule has 0 aliphatic rings. The molecule has 0 fully saturated rings. The van der Waals surface area contributed by atoms with E-state index in [4.69, 9.17) is 0 Å². The lowest BCUT2D eigenvalue weighted by atomic mass is 10.1. The highest BCUT2D eigenvalue weighted by Crippen LogP contribution is 2.27. The first kappa shape index (κ1) is 14.1. The Hall–Kier alpha value is -0.970. The van der Waals surface area contributed by atoms with Crippen molar-refractivity contribution in [2.24, 2.45) is 0 Å². The quantitative estimate of drug-likeness (QED) is 0.798. The zero-order chi connectivity index (χ0) is 12.8. The molecule has 98 valence electrons. The Balaban J connectivity index is 3.01. The summed E-state index contributed by atoms with van der Waals surface area (Å²) in [5, 5.41) is 7.19. The van der Waals surface area contributed by atoms with Gasteiger partial charge in [-0.2, -0.15) is 5.10 Å². The highest BCUT2D eigenvalue weighted by Gasteiger charge is 2.22. The molecule has 17 heavy (non-hydrogen) atoms. The Morgan fingerprint density at radius 1 is 1.29 bits per heavy atom. The molecule has 1 N–H and O–H groups in total. The topological polar surface area (TPSA) is 29.9 Å². The molecule has 0 radical (unpaired) electrons. The van der Waals surface area contributed by atoms with Crippen molar-refractivity contribution in [2.75, 3.05) is 6.54 Å². The van der Waals surface area contributed by atoms with E-state index in [-0.39, 0.29) is 11.7 Å². The van der Waals surface area contributed by atoms with Crippen LogP contribution in [0.4, 0.5) is 8.78 Å². The van der Waals surface area contributed by atoms with E-state index in [0.717, 1.165) is 19.4 Å². The second-order valence-corrected chi connectivity index (χ2v) is 4.05. The standard InChI is InChI=1S/C12H21F2N3/c1-4-10(5-2)17-11(12(13)14)9(8-16-17)7-15-6-3/h8,10,12,15H,4-7H2,1-3H3. The lowest BCUT2D eigenvalue weighted by Crippen LogP contribution is -2.16. The van der Waals surface area contributed by atoms with Crippen LogP contribution in [0.25, 0.3) is 0 Å². The van der Waals surface area contributed by atoms with Gasteiger partial charge < -0.3 is 5.32 Å². The molecule has 0 saturated carbocycles. The van der Waals surface area contributed by atoms with Crippen molar-refractivity contribution in [3.63, 3.8) is 0 Å². The van der Waals surface area contributed by atoms with E-state index in [1.165, 1.54) is 4.68 Å². The fourth-order valence-corrected chi connectivity index (χ4v) is 1.97. The second-order valence-electron chi connectivity index (χ2n) is 4.05. The predicted molar refractivity (Wildman–Crippen MR) is 64.2 cm³/mol. The van der Waals surface area contributed by atoms with Gasteiger partial charge in [0.15, 0.2) is 0 Å². The fourth-order valence-electron chi connectivity index (χ4n) is 1.97. The van der Waals surface area contributed by atoms with Gasteiger partial charge in [0.05, 0.1) is 12.2 Å². The molecule has 1 heterocycles. The van der Waals surface area contributed by atoms with E-state index in [2.05, 4.69) is 10.4 Å². The van der Waals surface area contributed by atoms with Crippen LogP contribution in [0.2, 0.25) is 0 Å². The number of aromatic nitrogens is 2. The highest BCUT2D eigenvalue weighted by atomic mass is 19.3. The van der Waals surface area contributed by atoms with Crippen LogP contribution in [0.15, 0.2) is 6.20 Å². The van der Waals surface area contributed by atoms with Crippen LogP contribution in [-0.2, 0) is 6.54 Å². The van der Waals surface area contributed by atoms with E-state index >= 15 is 0 Å². The fraction of sp³-hybridized carbons (Fsp3) is 0.750. The van der Waals surface area contributed by atoms with Gasteiger partial charge in [0.2, 0.25) is 0 Å². The predicted octanol–water partition coefficient (Wildman–Crippen LogP) is 3.29. The molecule has 0 saturated heterocycles. The molecule has 0 bridgehead atoms. The molecule has 3 nitrogen and oxygen atoms in total. The van der Waals surface area contributed by atoms with Gasteiger partial charge in [0, 0.05) is 12.1 Å². The van der Waals surface area contributed by atoms with E-state index < -0.39 is 6.43 Å². The van der Waals surface area contributed by atoms with Gasteiger partial charge in [0.25, 0.3) is 6.43 Å². The number of alkyl halides is 2. The number of hydrogen-bond donors (Lipinski definition) is 1. The first-order valence-corrected chi connectivity index (χ1v) is 6.20. The van der Waals surface area contributed by atoms with Crippen molar-refractivity contribution in [3.8, 4) is 0 Å². The van der Waals surface area contributed by atoms with Crippen molar-refractivity contribution in [3.05, 3.63) is 17.5 Å². The van der Waals surface area contributed by atoms with Crippen molar-refractivity contribution in [1.29, 1.82) is 0 Å². The molecule has 5 heteroatoms. The van der Waals surface area contributed by atoms with Gasteiger partial charge >= 0.3 is 0 Å². The molecule has 0 atom stereocenters. The molecule has 0 aromatic carbocycles. The summed E-state index contributed by atoms with van der Waals surface area (Å²) in [6, 6.07) is 0.0642. The van der Waals surface area contributed by atoms with Crippen LogP contribution in [0.3, 0.4) is 0 Å². The average Bonchev–Trinajstić information content (AvgIpc) is 2.72. The molecule has 0 aliphatic carbocycles. The third-order valence-electron chi connectivity index (χ3n) is 2.97. The summed E-state index contributed by atoms with van der Waals surface area (Å²) in [4.78, 5) is 0. The molecule has 0 spiro atoms. The molecule has 0 aliphatic heterocycles. The number of halogens is 2. The third-order valence-corrected chi connectivity index (χ3v) is 2.97. The number of nitrogens with zero attached hydrogens (tertiary/aromatic N) is 2. The number of hydrogen-bond acceptors (Lipinski definition) is 2.